The number of piperidine rings is 1. The number of benzene rings is 1. The van der Waals surface area contributed by atoms with Gasteiger partial charge in [-0.2, -0.15) is 0 Å². The maximum absolute atomic E-state index is 2.39. The van der Waals surface area contributed by atoms with E-state index in [4.69, 9.17) is 0 Å². The summed E-state index contributed by atoms with van der Waals surface area (Å²) in [5, 5.41) is 0. The van der Waals surface area contributed by atoms with Crippen molar-refractivity contribution in [1.29, 1.82) is 0 Å². The average Bonchev–Trinajstić information content (AvgIpc) is 2.32. The number of anilines is 1. The van der Waals surface area contributed by atoms with Crippen molar-refractivity contribution in [1.82, 2.24) is 4.90 Å². The zero-order valence-corrected chi connectivity index (χ0v) is 10.8. The molecule has 2 rings (SSSR count). The van der Waals surface area contributed by atoms with Crippen LogP contribution in [0.25, 0.3) is 0 Å². The number of hydrogen-bond acceptors (Lipinski definition) is 2. The maximum Gasteiger partial charge on any atom is 0.0360 e. The molecule has 2 heteroatoms. The Morgan fingerprint density at radius 1 is 0.938 bits per heavy atom. The lowest BCUT2D eigenvalue weighted by atomic mass is 10.1. The summed E-state index contributed by atoms with van der Waals surface area (Å²) in [6.07, 6.45) is 4.28. The van der Waals surface area contributed by atoms with E-state index >= 15 is 0 Å². The van der Waals surface area contributed by atoms with Crippen molar-refractivity contribution in [3.05, 3.63) is 30.3 Å². The Kier molecular flexibility index (Phi) is 5.94. The van der Waals surface area contributed by atoms with Gasteiger partial charge >= 0.3 is 0 Å². The van der Waals surface area contributed by atoms with Crippen molar-refractivity contribution in [2.45, 2.75) is 19.3 Å². The van der Waals surface area contributed by atoms with Gasteiger partial charge in [0.25, 0.3) is 0 Å². The van der Waals surface area contributed by atoms with E-state index in [9.17, 15) is 0 Å². The highest BCUT2D eigenvalue weighted by atomic mass is 15.1. The predicted octanol–water partition coefficient (Wildman–Crippen LogP) is 2.85. The van der Waals surface area contributed by atoms with Gasteiger partial charge in [0.05, 0.1) is 0 Å². The summed E-state index contributed by atoms with van der Waals surface area (Å²) in [4.78, 5) is 4.48. The molecular weight excluding hydrogens is 196 g/mol. The first-order valence-corrected chi connectivity index (χ1v) is 6.11. The van der Waals surface area contributed by atoms with Crippen LogP contribution in [0.5, 0.6) is 0 Å². The second-order valence-corrected chi connectivity index (χ2v) is 4.59. The standard InChI is InChI=1S/C8H11N.C6H13N/c1-9(2)8-6-4-3-5-7-8;1-7-5-3-2-4-6-7/h3-7H,1-2H3;2-6H2,1H3. The van der Waals surface area contributed by atoms with E-state index in [1.54, 1.807) is 0 Å². The lowest BCUT2D eigenvalue weighted by Gasteiger charge is -2.20. The Hall–Kier alpha value is -1.02. The first-order chi connectivity index (χ1) is 7.70. The molecule has 0 bridgehead atoms. The number of para-hydroxylation sites is 1. The lowest BCUT2D eigenvalue weighted by molar-refractivity contribution is 0.277. The third-order valence-electron chi connectivity index (χ3n) is 2.85. The first kappa shape index (κ1) is 13.0. The SMILES string of the molecule is CN(C)c1ccccc1.CN1CCCCC1. The molecule has 16 heavy (non-hydrogen) atoms. The maximum atomic E-state index is 2.39. The van der Waals surface area contributed by atoms with E-state index in [0.717, 1.165) is 0 Å². The molecule has 2 nitrogen and oxygen atoms in total. The molecule has 0 aromatic heterocycles. The second kappa shape index (κ2) is 7.29. The monoisotopic (exact) mass is 220 g/mol. The van der Waals surface area contributed by atoms with Gasteiger partial charge in [0.15, 0.2) is 0 Å². The number of rotatable bonds is 1. The largest absolute Gasteiger partial charge is 0.378 e. The van der Waals surface area contributed by atoms with Crippen LogP contribution in [0.3, 0.4) is 0 Å². The van der Waals surface area contributed by atoms with Crippen LogP contribution >= 0.6 is 0 Å². The molecular formula is C14H24N2. The zero-order valence-electron chi connectivity index (χ0n) is 10.8. The first-order valence-electron chi connectivity index (χ1n) is 6.11. The Labute approximate surface area is 99.9 Å². The van der Waals surface area contributed by atoms with Crippen molar-refractivity contribution in [3.8, 4) is 0 Å². The molecule has 0 unspecified atom stereocenters. The minimum atomic E-state index is 1.25. The van der Waals surface area contributed by atoms with Crippen molar-refractivity contribution >= 4 is 5.69 Å². The van der Waals surface area contributed by atoms with Gasteiger partial charge in [0.1, 0.15) is 0 Å². The number of hydrogen-bond donors (Lipinski definition) is 0. The Bertz CT molecular complexity index is 263. The minimum Gasteiger partial charge on any atom is -0.378 e. The molecule has 0 spiro atoms. The quantitative estimate of drug-likeness (QED) is 0.718. The van der Waals surface area contributed by atoms with E-state index < -0.39 is 0 Å². The molecule has 0 aliphatic carbocycles. The second-order valence-electron chi connectivity index (χ2n) is 4.59. The fraction of sp³-hybridized carbons (Fsp3) is 0.571. The molecule has 1 fully saturated rings. The topological polar surface area (TPSA) is 6.48 Å². The molecule has 1 aliphatic heterocycles. The van der Waals surface area contributed by atoms with Crippen molar-refractivity contribution in [3.63, 3.8) is 0 Å². The minimum absolute atomic E-state index is 1.25. The summed E-state index contributed by atoms with van der Waals surface area (Å²) < 4.78 is 0. The molecule has 1 aromatic rings. The highest BCUT2D eigenvalue weighted by molar-refractivity contribution is 5.43. The molecule has 1 aromatic carbocycles. The van der Waals surface area contributed by atoms with Gasteiger partial charge in [-0.3, -0.25) is 0 Å². The molecule has 1 saturated heterocycles. The van der Waals surface area contributed by atoms with Crippen LogP contribution in [-0.4, -0.2) is 39.1 Å². The fourth-order valence-electron chi connectivity index (χ4n) is 1.78. The third-order valence-corrected chi connectivity index (χ3v) is 2.85. The van der Waals surface area contributed by atoms with Crippen LogP contribution in [0.15, 0.2) is 30.3 Å². The molecule has 90 valence electrons. The summed E-state index contributed by atoms with van der Waals surface area (Å²) in [5.74, 6) is 0. The third kappa shape index (κ3) is 5.17. The van der Waals surface area contributed by atoms with E-state index in [1.807, 2.05) is 32.3 Å². The Morgan fingerprint density at radius 2 is 1.50 bits per heavy atom. The molecule has 0 saturated carbocycles. The highest BCUT2D eigenvalue weighted by Gasteiger charge is 2.02. The summed E-state index contributed by atoms with van der Waals surface area (Å²) in [7, 11) is 6.27. The molecule has 1 aliphatic rings. The smallest absolute Gasteiger partial charge is 0.0360 e. The molecule has 0 radical (unpaired) electrons. The molecule has 1 heterocycles. The van der Waals surface area contributed by atoms with Crippen molar-refractivity contribution in [2.75, 3.05) is 39.1 Å². The highest BCUT2D eigenvalue weighted by Crippen LogP contribution is 2.07. The number of likely N-dealkylation sites (tertiary alicyclic amines) is 1. The lowest BCUT2D eigenvalue weighted by Crippen LogP contribution is -2.24. The summed E-state index contributed by atoms with van der Waals surface area (Å²) >= 11 is 0. The van der Waals surface area contributed by atoms with Crippen LogP contribution in [0.2, 0.25) is 0 Å². The van der Waals surface area contributed by atoms with Gasteiger partial charge in [-0.1, -0.05) is 24.6 Å². The van der Waals surface area contributed by atoms with Gasteiger partial charge in [0, 0.05) is 19.8 Å². The van der Waals surface area contributed by atoms with Crippen LogP contribution in [0, 0.1) is 0 Å². The summed E-state index contributed by atoms with van der Waals surface area (Å²) in [6.45, 7) is 2.64. The predicted molar refractivity (Wildman–Crippen MR) is 72.1 cm³/mol. The van der Waals surface area contributed by atoms with E-state index in [0.29, 0.717) is 0 Å². The number of nitrogens with zero attached hydrogens (tertiary/aromatic N) is 2. The molecule has 0 amide bonds. The van der Waals surface area contributed by atoms with E-state index in [1.165, 1.54) is 38.0 Å². The average molecular weight is 220 g/mol. The van der Waals surface area contributed by atoms with Crippen molar-refractivity contribution in [2.24, 2.45) is 0 Å². The van der Waals surface area contributed by atoms with Crippen LogP contribution < -0.4 is 4.90 Å². The van der Waals surface area contributed by atoms with Gasteiger partial charge in [-0.25, -0.2) is 0 Å². The Balaban J connectivity index is 0.000000165. The van der Waals surface area contributed by atoms with Gasteiger partial charge in [0.2, 0.25) is 0 Å². The van der Waals surface area contributed by atoms with Crippen molar-refractivity contribution < 1.29 is 0 Å². The van der Waals surface area contributed by atoms with Crippen LogP contribution in [0.1, 0.15) is 19.3 Å². The van der Waals surface area contributed by atoms with E-state index in [2.05, 4.69) is 29.0 Å². The van der Waals surface area contributed by atoms with Gasteiger partial charge in [-0.15, -0.1) is 0 Å². The summed E-state index contributed by atoms with van der Waals surface area (Å²) in [6, 6.07) is 10.3. The Morgan fingerprint density at radius 3 is 1.81 bits per heavy atom. The zero-order chi connectivity index (χ0) is 11.8. The van der Waals surface area contributed by atoms with Gasteiger partial charge in [-0.05, 0) is 45.1 Å². The molecule has 0 N–H and O–H groups in total. The fourth-order valence-corrected chi connectivity index (χ4v) is 1.78. The van der Waals surface area contributed by atoms with Gasteiger partial charge < -0.3 is 9.80 Å². The molecule has 0 atom stereocenters. The summed E-state index contributed by atoms with van der Waals surface area (Å²) in [5.41, 5.74) is 1.25. The van der Waals surface area contributed by atoms with E-state index in [-0.39, 0.29) is 0 Å². The van der Waals surface area contributed by atoms with Crippen LogP contribution in [0.4, 0.5) is 5.69 Å². The normalized spacial score (nSPS) is 16.2. The van der Waals surface area contributed by atoms with Crippen LogP contribution in [-0.2, 0) is 0 Å².